The molecular weight excluding hydrogens is 655 g/mol. The predicted molar refractivity (Wildman–Crippen MR) is 191 cm³/mol. The summed E-state index contributed by atoms with van der Waals surface area (Å²) in [5.41, 5.74) is 17.4. The number of aliphatic imine (C=N–C) groups is 1. The molecule has 3 aromatic rings. The van der Waals surface area contributed by atoms with Gasteiger partial charge in [-0.3, -0.25) is 4.55 Å². The van der Waals surface area contributed by atoms with Gasteiger partial charge in [-0.15, -0.1) is 0 Å². The standard InChI is InChI=1S/C39H47N3O7S/c1-22-4-5-26-18-31-14-15-32(26)33(22)21-35(50(45,46)47)34-20-28-17-27(36(34)23-6-8-25(9-7-23)38(49-31)42-39(40)41)19-30(3-2-16-43)48-37(28)24-10-12-29(44)13-11-24/h6-15,18,20,22,27,30,33-38,43-44H,2-5,16-17,19,21H2,1H3,(H4,40,41,42)(H,45,46,47)/t22-,27+,30-,33+,34?,35+,36+,37-,38+/m0/s1. The highest BCUT2D eigenvalue weighted by Crippen LogP contribution is 2.54. The van der Waals surface area contributed by atoms with Crippen molar-refractivity contribution in [3.8, 4) is 11.5 Å². The van der Waals surface area contributed by atoms with Crippen LogP contribution in [0.3, 0.4) is 0 Å². The maximum atomic E-state index is 13.7. The van der Waals surface area contributed by atoms with Gasteiger partial charge in [0.25, 0.3) is 10.1 Å². The van der Waals surface area contributed by atoms with Gasteiger partial charge < -0.3 is 31.2 Å². The second-order valence-electron chi connectivity index (χ2n) is 14.6. The number of aliphatic hydroxyl groups is 1. The second kappa shape index (κ2) is 14.0. The number of phenols is 1. The van der Waals surface area contributed by atoms with Gasteiger partial charge in [-0.25, -0.2) is 4.99 Å². The lowest BCUT2D eigenvalue weighted by molar-refractivity contribution is -0.00268. The molecule has 0 saturated carbocycles. The lowest BCUT2D eigenvalue weighted by Crippen LogP contribution is -2.40. The minimum atomic E-state index is -4.54. The second-order valence-corrected chi connectivity index (χ2v) is 16.2. The first-order chi connectivity index (χ1) is 24.0. The van der Waals surface area contributed by atoms with Gasteiger partial charge in [0, 0.05) is 18.1 Å². The number of aliphatic hydroxyl groups excluding tert-OH is 1. The Bertz CT molecular complexity index is 1860. The molecule has 10 nitrogen and oxygen atoms in total. The number of rotatable bonds is 6. The Labute approximate surface area is 294 Å². The van der Waals surface area contributed by atoms with Crippen LogP contribution in [0.2, 0.25) is 0 Å². The molecule has 4 aliphatic heterocycles. The first kappa shape index (κ1) is 34.5. The van der Waals surface area contributed by atoms with Gasteiger partial charge in [-0.05, 0) is 121 Å². The average Bonchev–Trinajstić information content (AvgIpc) is 3.22. The van der Waals surface area contributed by atoms with Gasteiger partial charge in [0.05, 0.1) is 11.4 Å². The number of allylic oxidation sites excluding steroid dienone is 1. The molecule has 0 radical (unpaired) electrons. The number of guanidine groups is 1. The number of aryl methyl sites for hydroxylation is 1. The molecule has 0 aromatic heterocycles. The number of aromatic hydroxyl groups is 1. The molecular formula is C39H47N3O7S. The zero-order valence-electron chi connectivity index (χ0n) is 28.3. The highest BCUT2D eigenvalue weighted by atomic mass is 32.2. The lowest BCUT2D eigenvalue weighted by atomic mass is 9.64. The van der Waals surface area contributed by atoms with E-state index in [1.807, 2.05) is 54.6 Å². The van der Waals surface area contributed by atoms with Gasteiger partial charge in [-0.2, -0.15) is 8.42 Å². The maximum Gasteiger partial charge on any atom is 0.268 e. The number of ether oxygens (including phenoxy) is 2. The van der Waals surface area contributed by atoms with Gasteiger partial charge in [-0.1, -0.05) is 55.5 Å². The quantitative estimate of drug-likeness (QED) is 0.0890. The minimum absolute atomic E-state index is 0.0143. The van der Waals surface area contributed by atoms with E-state index in [9.17, 15) is 23.2 Å². The molecule has 0 spiro atoms. The molecule has 50 heavy (non-hydrogen) atoms. The van der Waals surface area contributed by atoms with Crippen LogP contribution in [0.4, 0.5) is 0 Å². The molecule has 1 fully saturated rings. The minimum Gasteiger partial charge on any atom is -0.508 e. The molecule has 8 bridgehead atoms. The number of phenolic OH excluding ortho intramolecular Hbond substituents is 1. The molecule has 9 atom stereocenters. The summed E-state index contributed by atoms with van der Waals surface area (Å²) in [7, 11) is -4.54. The van der Waals surface area contributed by atoms with Crippen molar-refractivity contribution in [2.24, 2.45) is 34.2 Å². The van der Waals surface area contributed by atoms with Gasteiger partial charge >= 0.3 is 0 Å². The van der Waals surface area contributed by atoms with Crippen molar-refractivity contribution in [3.63, 3.8) is 0 Å². The fourth-order valence-corrected chi connectivity index (χ4v) is 10.2. The van der Waals surface area contributed by atoms with Crippen molar-refractivity contribution in [2.45, 2.75) is 87.4 Å². The maximum absolute atomic E-state index is 13.7. The van der Waals surface area contributed by atoms with E-state index in [-0.39, 0.29) is 54.5 Å². The summed E-state index contributed by atoms with van der Waals surface area (Å²) in [4.78, 5) is 4.41. The van der Waals surface area contributed by atoms with Crippen molar-refractivity contribution >= 4 is 16.1 Å². The van der Waals surface area contributed by atoms with Crippen LogP contribution in [0, 0.1) is 17.8 Å². The monoisotopic (exact) mass is 701 g/mol. The zero-order chi connectivity index (χ0) is 35.2. The molecule has 11 heteroatoms. The number of fused-ring (bicyclic) bond motifs is 4. The molecule has 1 saturated heterocycles. The molecule has 3 aromatic carbocycles. The summed E-state index contributed by atoms with van der Waals surface area (Å²) in [5, 5.41) is 18.7. The van der Waals surface area contributed by atoms with Crippen LogP contribution in [-0.4, -0.2) is 47.1 Å². The van der Waals surface area contributed by atoms with Crippen molar-refractivity contribution in [1.82, 2.24) is 0 Å². The van der Waals surface area contributed by atoms with Crippen molar-refractivity contribution in [3.05, 3.63) is 106 Å². The van der Waals surface area contributed by atoms with Crippen molar-refractivity contribution in [2.75, 3.05) is 6.61 Å². The number of hydrogen-bond acceptors (Lipinski definition) is 7. The summed E-state index contributed by atoms with van der Waals surface area (Å²) in [6.45, 7) is 2.20. The number of nitrogens with two attached hydrogens (primary N) is 2. The fraction of sp³-hybridized carbons (Fsp3) is 0.462. The van der Waals surface area contributed by atoms with Crippen LogP contribution in [0.1, 0.15) is 97.4 Å². The molecule has 9 rings (SSSR count). The van der Waals surface area contributed by atoms with Crippen LogP contribution < -0.4 is 16.2 Å². The SMILES string of the molecule is C[C@H]1CCc2cc3ccc2[C@@H]1C[C@@H](S(=O)(=O)O)C1C=C2C[C@H](C[C@H](CCCO)O[C@H]2c2ccc(O)cc2)[C@H]1c1ccc(cc1)[C@H](N=C(N)N)O3. The number of hydrogen-bond donors (Lipinski definition) is 5. The number of benzene rings is 3. The smallest absolute Gasteiger partial charge is 0.268 e. The van der Waals surface area contributed by atoms with Crippen molar-refractivity contribution in [1.29, 1.82) is 0 Å². The summed E-state index contributed by atoms with van der Waals surface area (Å²) < 4.78 is 51.9. The predicted octanol–water partition coefficient (Wildman–Crippen LogP) is 6.02. The number of nitrogens with zero attached hydrogens (tertiary/aromatic N) is 1. The van der Waals surface area contributed by atoms with E-state index in [0.717, 1.165) is 46.2 Å². The third kappa shape index (κ3) is 7.01. The molecule has 1 unspecified atom stereocenters. The lowest BCUT2D eigenvalue weighted by Gasteiger charge is -2.42. The summed E-state index contributed by atoms with van der Waals surface area (Å²) >= 11 is 0. The van der Waals surface area contributed by atoms with E-state index in [1.165, 1.54) is 0 Å². The average molecular weight is 702 g/mol. The topological polar surface area (TPSA) is 178 Å². The first-order valence-electron chi connectivity index (χ1n) is 17.7. The molecule has 2 aliphatic carbocycles. The fourth-order valence-electron chi connectivity index (χ4n) is 9.07. The van der Waals surface area contributed by atoms with Gasteiger partial charge in [0.15, 0.2) is 5.96 Å². The molecule has 4 heterocycles. The van der Waals surface area contributed by atoms with Crippen LogP contribution in [0.15, 0.2) is 83.4 Å². The van der Waals surface area contributed by atoms with E-state index >= 15 is 0 Å². The Morgan fingerprint density at radius 3 is 2.40 bits per heavy atom. The Morgan fingerprint density at radius 2 is 1.70 bits per heavy atom. The van der Waals surface area contributed by atoms with Crippen LogP contribution in [0.25, 0.3) is 0 Å². The van der Waals surface area contributed by atoms with Gasteiger partial charge in [0.1, 0.15) is 17.6 Å². The largest absolute Gasteiger partial charge is 0.508 e. The summed E-state index contributed by atoms with van der Waals surface area (Å²) in [6.07, 6.45) is 5.12. The Kier molecular flexibility index (Phi) is 9.69. The van der Waals surface area contributed by atoms with E-state index in [4.69, 9.17) is 20.9 Å². The van der Waals surface area contributed by atoms with E-state index in [1.54, 1.807) is 12.1 Å². The van der Waals surface area contributed by atoms with Crippen molar-refractivity contribution < 1.29 is 32.7 Å². The Balaban J connectivity index is 1.43. The summed E-state index contributed by atoms with van der Waals surface area (Å²) in [6, 6.07) is 20.7. The van der Waals surface area contributed by atoms with Crippen LogP contribution >= 0.6 is 0 Å². The van der Waals surface area contributed by atoms with E-state index in [2.05, 4.69) is 18.0 Å². The van der Waals surface area contributed by atoms with E-state index < -0.39 is 33.6 Å². The third-order valence-electron chi connectivity index (χ3n) is 11.4. The van der Waals surface area contributed by atoms with Crippen LogP contribution in [-0.2, 0) is 21.3 Å². The third-order valence-corrected chi connectivity index (χ3v) is 12.7. The highest BCUT2D eigenvalue weighted by molar-refractivity contribution is 7.86. The molecule has 7 N–H and O–H groups in total. The molecule has 6 aliphatic rings. The molecule has 266 valence electrons. The summed E-state index contributed by atoms with van der Waals surface area (Å²) in [5.74, 6) is -0.0785. The Hall–Kier alpha value is -3.90. The normalized spacial score (nSPS) is 30.5. The zero-order valence-corrected chi connectivity index (χ0v) is 29.1. The van der Waals surface area contributed by atoms with Crippen LogP contribution in [0.5, 0.6) is 11.5 Å². The van der Waals surface area contributed by atoms with E-state index in [0.29, 0.717) is 31.4 Å². The Morgan fingerprint density at radius 1 is 0.980 bits per heavy atom. The molecule has 0 amide bonds. The first-order valence-corrected chi connectivity index (χ1v) is 19.2. The van der Waals surface area contributed by atoms with Gasteiger partial charge in [0.2, 0.25) is 6.23 Å². The highest BCUT2D eigenvalue weighted by Gasteiger charge is 2.48.